The molecule has 100 valence electrons. The van der Waals surface area contributed by atoms with Crippen molar-refractivity contribution in [3.63, 3.8) is 0 Å². The Kier molecular flexibility index (Phi) is 4.98. The van der Waals surface area contributed by atoms with Crippen molar-refractivity contribution >= 4 is 15.8 Å². The molecule has 0 bridgehead atoms. The second kappa shape index (κ2) is 5.85. The van der Waals surface area contributed by atoms with Gasteiger partial charge < -0.3 is 5.11 Å². The summed E-state index contributed by atoms with van der Waals surface area (Å²) in [6.45, 7) is 0. The summed E-state index contributed by atoms with van der Waals surface area (Å²) in [4.78, 5) is 11.4. The quantitative estimate of drug-likeness (QED) is 0.771. The lowest BCUT2D eigenvalue weighted by atomic mass is 9.77. The van der Waals surface area contributed by atoms with E-state index in [-0.39, 0.29) is 5.75 Å². The third-order valence-corrected chi connectivity index (χ3v) is 4.72. The summed E-state index contributed by atoms with van der Waals surface area (Å²) in [6.07, 6.45) is 7.66. The predicted octanol–water partition coefficient (Wildman–Crippen LogP) is 2.24. The lowest BCUT2D eigenvalue weighted by Crippen LogP contribution is -2.31. The monoisotopic (exact) mass is 262 g/mol. The van der Waals surface area contributed by atoms with Crippen LogP contribution >= 0.6 is 0 Å². The van der Waals surface area contributed by atoms with Crippen LogP contribution in [0.2, 0.25) is 0 Å². The molecule has 0 unspecified atom stereocenters. The Hall–Kier alpha value is -0.580. The van der Waals surface area contributed by atoms with Crippen LogP contribution in [0.5, 0.6) is 0 Å². The molecule has 0 amide bonds. The van der Waals surface area contributed by atoms with Crippen molar-refractivity contribution in [2.75, 3.05) is 12.0 Å². The highest BCUT2D eigenvalue weighted by atomic mass is 32.2. The molecule has 1 saturated carbocycles. The molecular weight excluding hydrogens is 240 g/mol. The Bertz CT molecular complexity index is 351. The van der Waals surface area contributed by atoms with Crippen LogP contribution in [0.25, 0.3) is 0 Å². The lowest BCUT2D eigenvalue weighted by Gasteiger charge is -2.27. The first-order valence-electron chi connectivity index (χ1n) is 6.27. The van der Waals surface area contributed by atoms with Gasteiger partial charge >= 0.3 is 5.97 Å². The second-order valence-electron chi connectivity index (χ2n) is 5.23. The minimum atomic E-state index is -2.98. The summed E-state index contributed by atoms with van der Waals surface area (Å²) < 4.78 is 22.1. The van der Waals surface area contributed by atoms with Gasteiger partial charge in [-0.15, -0.1) is 0 Å². The van der Waals surface area contributed by atoms with Crippen molar-refractivity contribution in [1.82, 2.24) is 0 Å². The maximum Gasteiger partial charge on any atom is 0.309 e. The van der Waals surface area contributed by atoms with Gasteiger partial charge in [-0.05, 0) is 25.7 Å². The van der Waals surface area contributed by atoms with E-state index in [1.165, 1.54) is 6.26 Å². The SMILES string of the molecule is CS(=O)(=O)CCCC1(C(=O)O)CCCCCC1. The molecule has 5 heteroatoms. The molecule has 0 aliphatic heterocycles. The average Bonchev–Trinajstić information content (AvgIpc) is 2.42. The zero-order valence-corrected chi connectivity index (χ0v) is 11.3. The Balaban J connectivity index is 2.61. The first-order chi connectivity index (χ1) is 7.86. The molecule has 17 heavy (non-hydrogen) atoms. The van der Waals surface area contributed by atoms with Crippen LogP contribution in [0.4, 0.5) is 0 Å². The van der Waals surface area contributed by atoms with E-state index in [4.69, 9.17) is 0 Å². The second-order valence-corrected chi connectivity index (χ2v) is 7.49. The maximum absolute atomic E-state index is 11.4. The van der Waals surface area contributed by atoms with Gasteiger partial charge in [0.1, 0.15) is 9.84 Å². The Morgan fingerprint density at radius 2 is 1.71 bits per heavy atom. The van der Waals surface area contributed by atoms with Crippen LogP contribution in [0.15, 0.2) is 0 Å². The van der Waals surface area contributed by atoms with Gasteiger partial charge in [-0.3, -0.25) is 4.79 Å². The molecule has 0 spiro atoms. The Morgan fingerprint density at radius 1 is 1.18 bits per heavy atom. The van der Waals surface area contributed by atoms with E-state index >= 15 is 0 Å². The largest absolute Gasteiger partial charge is 0.481 e. The first kappa shape index (κ1) is 14.5. The van der Waals surface area contributed by atoms with Gasteiger partial charge in [0.2, 0.25) is 0 Å². The fourth-order valence-electron chi connectivity index (χ4n) is 2.65. The van der Waals surface area contributed by atoms with Crippen LogP contribution in [-0.2, 0) is 14.6 Å². The van der Waals surface area contributed by atoms with E-state index in [0.29, 0.717) is 25.7 Å². The topological polar surface area (TPSA) is 71.4 Å². The third-order valence-electron chi connectivity index (χ3n) is 3.68. The molecule has 1 fully saturated rings. The van der Waals surface area contributed by atoms with Crippen molar-refractivity contribution in [3.05, 3.63) is 0 Å². The van der Waals surface area contributed by atoms with E-state index in [2.05, 4.69) is 0 Å². The summed E-state index contributed by atoms with van der Waals surface area (Å²) in [5, 5.41) is 9.39. The minimum Gasteiger partial charge on any atom is -0.481 e. The number of aliphatic carboxylic acids is 1. The van der Waals surface area contributed by atoms with Crippen LogP contribution in [0, 0.1) is 5.41 Å². The standard InChI is InChI=1S/C12H22O4S/c1-17(15,16)10-6-9-12(11(13)14)7-4-2-3-5-8-12/h2-10H2,1H3,(H,13,14). The van der Waals surface area contributed by atoms with Gasteiger partial charge in [0.15, 0.2) is 0 Å². The number of hydrogen-bond acceptors (Lipinski definition) is 3. The van der Waals surface area contributed by atoms with E-state index in [1.54, 1.807) is 0 Å². The summed E-state index contributed by atoms with van der Waals surface area (Å²) in [7, 11) is -2.98. The lowest BCUT2D eigenvalue weighted by molar-refractivity contribution is -0.150. The highest BCUT2D eigenvalue weighted by Crippen LogP contribution is 2.39. The van der Waals surface area contributed by atoms with Crippen molar-refractivity contribution < 1.29 is 18.3 Å². The van der Waals surface area contributed by atoms with Crippen LogP contribution in [0.3, 0.4) is 0 Å². The van der Waals surface area contributed by atoms with Crippen molar-refractivity contribution in [2.45, 2.75) is 51.4 Å². The van der Waals surface area contributed by atoms with Gasteiger partial charge in [-0.2, -0.15) is 0 Å². The highest BCUT2D eigenvalue weighted by Gasteiger charge is 2.38. The van der Waals surface area contributed by atoms with Crippen LogP contribution in [0.1, 0.15) is 51.4 Å². The molecule has 0 atom stereocenters. The molecule has 4 nitrogen and oxygen atoms in total. The van der Waals surface area contributed by atoms with Crippen molar-refractivity contribution in [1.29, 1.82) is 0 Å². The smallest absolute Gasteiger partial charge is 0.309 e. The summed E-state index contributed by atoms with van der Waals surface area (Å²) in [5.74, 6) is -0.643. The van der Waals surface area contributed by atoms with Crippen molar-refractivity contribution in [2.24, 2.45) is 5.41 Å². The molecule has 0 aromatic rings. The van der Waals surface area contributed by atoms with Gasteiger partial charge in [0, 0.05) is 12.0 Å². The fraction of sp³-hybridized carbons (Fsp3) is 0.917. The Morgan fingerprint density at radius 3 is 2.12 bits per heavy atom. The molecule has 1 aliphatic rings. The zero-order chi connectivity index (χ0) is 12.9. The minimum absolute atomic E-state index is 0.0992. The number of carboxylic acid groups (broad SMARTS) is 1. The number of hydrogen-bond donors (Lipinski definition) is 1. The van der Waals surface area contributed by atoms with E-state index in [0.717, 1.165) is 25.7 Å². The molecule has 1 rings (SSSR count). The molecule has 1 N–H and O–H groups in total. The van der Waals surface area contributed by atoms with E-state index < -0.39 is 21.2 Å². The van der Waals surface area contributed by atoms with Crippen molar-refractivity contribution in [3.8, 4) is 0 Å². The van der Waals surface area contributed by atoms with E-state index in [1.807, 2.05) is 0 Å². The van der Waals surface area contributed by atoms with Crippen LogP contribution < -0.4 is 0 Å². The molecule has 0 saturated heterocycles. The molecule has 0 radical (unpaired) electrons. The highest BCUT2D eigenvalue weighted by molar-refractivity contribution is 7.90. The summed E-state index contributed by atoms with van der Waals surface area (Å²) >= 11 is 0. The summed E-state index contributed by atoms with van der Waals surface area (Å²) in [6, 6.07) is 0. The molecule has 1 aliphatic carbocycles. The van der Waals surface area contributed by atoms with E-state index in [9.17, 15) is 18.3 Å². The number of rotatable bonds is 5. The van der Waals surface area contributed by atoms with Crippen LogP contribution in [-0.4, -0.2) is 31.5 Å². The van der Waals surface area contributed by atoms with Gasteiger partial charge in [0.25, 0.3) is 0 Å². The Labute approximate surface area is 103 Å². The molecule has 0 heterocycles. The molecular formula is C12H22O4S. The average molecular weight is 262 g/mol. The van der Waals surface area contributed by atoms with Gasteiger partial charge in [-0.25, -0.2) is 8.42 Å². The van der Waals surface area contributed by atoms with Gasteiger partial charge in [-0.1, -0.05) is 25.7 Å². The van der Waals surface area contributed by atoms with Gasteiger partial charge in [0.05, 0.1) is 5.41 Å². The molecule has 0 aromatic heterocycles. The normalized spacial score (nSPS) is 20.8. The number of carbonyl (C=O) groups is 1. The number of sulfone groups is 1. The maximum atomic E-state index is 11.4. The fourth-order valence-corrected chi connectivity index (χ4v) is 3.32. The first-order valence-corrected chi connectivity index (χ1v) is 8.33. The molecule has 0 aromatic carbocycles. The number of carboxylic acids is 1. The third kappa shape index (κ3) is 4.66. The summed E-state index contributed by atoms with van der Waals surface area (Å²) in [5.41, 5.74) is -0.665. The predicted molar refractivity (Wildman–Crippen MR) is 66.7 cm³/mol. The zero-order valence-electron chi connectivity index (χ0n) is 10.4.